The number of aromatic nitrogens is 5. The zero-order valence-electron chi connectivity index (χ0n) is 18.4. The Balaban J connectivity index is 1.42. The first kappa shape index (κ1) is 20.0. The molecule has 0 saturated heterocycles. The molecule has 2 aromatic carbocycles. The molecule has 8 nitrogen and oxygen atoms in total. The number of amides is 1. The lowest BCUT2D eigenvalue weighted by molar-refractivity contribution is 0.102. The standard InChI is InChI=1S/C26H20N6O2/c1-16-29-30-31-32(16)19-7-4-6-18(15-19)27-26(33)24-21-9-2-3-10-23(21)28-25-17(11-12-22(24)25)14-20-8-5-13-34-20/h2-10,13-15H,11-12H2,1H3,(H,27,33)/b17-14-. The van der Waals surface area contributed by atoms with Gasteiger partial charge in [0.15, 0.2) is 5.82 Å². The number of aryl methyl sites for hydroxylation is 1. The van der Waals surface area contributed by atoms with E-state index in [4.69, 9.17) is 9.40 Å². The number of anilines is 1. The normalized spacial score (nSPS) is 14.0. The largest absolute Gasteiger partial charge is 0.465 e. The first-order chi connectivity index (χ1) is 16.7. The number of furan rings is 1. The van der Waals surface area contributed by atoms with Crippen molar-refractivity contribution in [3.63, 3.8) is 0 Å². The van der Waals surface area contributed by atoms with E-state index in [1.54, 1.807) is 10.9 Å². The number of carbonyl (C=O) groups excluding carboxylic acids is 1. The molecule has 1 aliphatic rings. The highest BCUT2D eigenvalue weighted by Crippen LogP contribution is 2.37. The average molecular weight is 448 g/mol. The van der Waals surface area contributed by atoms with Crippen LogP contribution >= 0.6 is 0 Å². The summed E-state index contributed by atoms with van der Waals surface area (Å²) in [4.78, 5) is 18.6. The molecular weight excluding hydrogens is 428 g/mol. The van der Waals surface area contributed by atoms with Crippen LogP contribution in [0.15, 0.2) is 71.3 Å². The van der Waals surface area contributed by atoms with E-state index in [9.17, 15) is 4.79 Å². The predicted octanol–water partition coefficient (Wildman–Crippen LogP) is 4.85. The molecule has 0 saturated carbocycles. The number of carbonyl (C=O) groups is 1. The molecule has 34 heavy (non-hydrogen) atoms. The van der Waals surface area contributed by atoms with Gasteiger partial charge in [0.1, 0.15) is 5.76 Å². The SMILES string of the molecule is Cc1nnnn1-c1cccc(NC(=O)c2c3c(nc4ccccc24)/C(=C\c2ccco2)CC3)c1. The second-order valence-electron chi connectivity index (χ2n) is 8.16. The highest BCUT2D eigenvalue weighted by atomic mass is 16.3. The van der Waals surface area contributed by atoms with Gasteiger partial charge in [-0.15, -0.1) is 5.10 Å². The van der Waals surface area contributed by atoms with Crippen LogP contribution in [0.4, 0.5) is 5.69 Å². The van der Waals surface area contributed by atoms with Crippen LogP contribution in [0.2, 0.25) is 0 Å². The van der Waals surface area contributed by atoms with E-state index >= 15 is 0 Å². The molecule has 0 fully saturated rings. The highest BCUT2D eigenvalue weighted by molar-refractivity contribution is 6.14. The molecular formula is C26H20N6O2. The third-order valence-corrected chi connectivity index (χ3v) is 6.00. The average Bonchev–Trinajstić information content (AvgIpc) is 3.60. The van der Waals surface area contributed by atoms with Crippen molar-refractivity contribution in [2.75, 3.05) is 5.32 Å². The summed E-state index contributed by atoms with van der Waals surface area (Å²) < 4.78 is 7.13. The van der Waals surface area contributed by atoms with Gasteiger partial charge in [0.05, 0.1) is 28.7 Å². The monoisotopic (exact) mass is 448 g/mol. The Bertz CT molecular complexity index is 1570. The van der Waals surface area contributed by atoms with E-state index in [1.165, 1.54) is 0 Å². The van der Waals surface area contributed by atoms with Crippen LogP contribution < -0.4 is 5.32 Å². The Labute approximate surface area is 194 Å². The van der Waals surface area contributed by atoms with Crippen LogP contribution in [-0.2, 0) is 6.42 Å². The van der Waals surface area contributed by atoms with Crippen molar-refractivity contribution in [3.8, 4) is 5.69 Å². The zero-order valence-corrected chi connectivity index (χ0v) is 18.4. The molecule has 0 unspecified atom stereocenters. The Morgan fingerprint density at radius 1 is 1.09 bits per heavy atom. The lowest BCUT2D eigenvalue weighted by Gasteiger charge is -2.13. The van der Waals surface area contributed by atoms with Gasteiger partial charge in [0.2, 0.25) is 0 Å². The minimum absolute atomic E-state index is 0.167. The summed E-state index contributed by atoms with van der Waals surface area (Å²) in [5, 5.41) is 15.6. The van der Waals surface area contributed by atoms with Crippen molar-refractivity contribution in [1.29, 1.82) is 0 Å². The number of para-hydroxylation sites is 1. The van der Waals surface area contributed by atoms with E-state index in [2.05, 4.69) is 20.8 Å². The Hall–Kier alpha value is -4.59. The fourth-order valence-electron chi connectivity index (χ4n) is 4.46. The summed E-state index contributed by atoms with van der Waals surface area (Å²) in [7, 11) is 0. The number of pyridine rings is 1. The lowest BCUT2D eigenvalue weighted by Crippen LogP contribution is -2.16. The van der Waals surface area contributed by atoms with E-state index in [0.717, 1.165) is 52.0 Å². The Morgan fingerprint density at radius 2 is 2.00 bits per heavy atom. The molecule has 1 aliphatic carbocycles. The van der Waals surface area contributed by atoms with E-state index in [1.807, 2.05) is 73.7 Å². The molecule has 0 bridgehead atoms. The van der Waals surface area contributed by atoms with Crippen LogP contribution in [-0.4, -0.2) is 31.1 Å². The van der Waals surface area contributed by atoms with Gasteiger partial charge in [-0.3, -0.25) is 4.79 Å². The summed E-state index contributed by atoms with van der Waals surface area (Å²) in [6, 6.07) is 19.0. The van der Waals surface area contributed by atoms with Crippen LogP contribution in [0.25, 0.3) is 28.2 Å². The van der Waals surface area contributed by atoms with Crippen LogP contribution in [0.1, 0.15) is 39.6 Å². The van der Waals surface area contributed by atoms with E-state index in [-0.39, 0.29) is 5.91 Å². The van der Waals surface area contributed by atoms with Crippen molar-refractivity contribution in [2.45, 2.75) is 19.8 Å². The van der Waals surface area contributed by atoms with Gasteiger partial charge >= 0.3 is 0 Å². The lowest BCUT2D eigenvalue weighted by atomic mass is 10.00. The van der Waals surface area contributed by atoms with Gasteiger partial charge in [-0.25, -0.2) is 4.98 Å². The highest BCUT2D eigenvalue weighted by Gasteiger charge is 2.27. The molecule has 166 valence electrons. The number of tetrazole rings is 1. The van der Waals surface area contributed by atoms with Crippen molar-refractivity contribution in [3.05, 3.63) is 95.3 Å². The van der Waals surface area contributed by atoms with Crippen molar-refractivity contribution in [1.82, 2.24) is 25.2 Å². The molecule has 3 aromatic heterocycles. The Kier molecular flexibility index (Phi) is 4.76. The maximum Gasteiger partial charge on any atom is 0.256 e. The third-order valence-electron chi connectivity index (χ3n) is 6.00. The number of hydrogen-bond acceptors (Lipinski definition) is 6. The maximum absolute atomic E-state index is 13.7. The van der Waals surface area contributed by atoms with Crippen molar-refractivity contribution in [2.24, 2.45) is 0 Å². The number of nitrogens with one attached hydrogen (secondary N) is 1. The number of allylic oxidation sites excluding steroid dienone is 1. The maximum atomic E-state index is 13.7. The number of fused-ring (bicyclic) bond motifs is 2. The van der Waals surface area contributed by atoms with Gasteiger partial charge in [-0.05, 0) is 83.8 Å². The number of benzene rings is 2. The quantitative estimate of drug-likeness (QED) is 0.422. The van der Waals surface area contributed by atoms with Crippen molar-refractivity contribution < 1.29 is 9.21 Å². The molecule has 0 atom stereocenters. The smallest absolute Gasteiger partial charge is 0.256 e. The van der Waals surface area contributed by atoms with Gasteiger partial charge in [-0.1, -0.05) is 24.3 Å². The molecule has 8 heteroatoms. The van der Waals surface area contributed by atoms with Crippen LogP contribution in [0, 0.1) is 6.92 Å². The number of hydrogen-bond donors (Lipinski definition) is 1. The molecule has 0 aliphatic heterocycles. The topological polar surface area (TPSA) is 98.7 Å². The second-order valence-corrected chi connectivity index (χ2v) is 8.16. The van der Waals surface area contributed by atoms with Gasteiger partial charge in [-0.2, -0.15) is 4.68 Å². The minimum Gasteiger partial charge on any atom is -0.465 e. The van der Waals surface area contributed by atoms with Crippen molar-refractivity contribution >= 4 is 34.1 Å². The predicted molar refractivity (Wildman–Crippen MR) is 128 cm³/mol. The minimum atomic E-state index is -0.167. The summed E-state index contributed by atoms with van der Waals surface area (Å²) in [6.45, 7) is 1.82. The van der Waals surface area contributed by atoms with Gasteiger partial charge < -0.3 is 9.73 Å². The van der Waals surface area contributed by atoms with E-state index < -0.39 is 0 Å². The Morgan fingerprint density at radius 3 is 2.82 bits per heavy atom. The molecule has 1 N–H and O–H groups in total. The van der Waals surface area contributed by atoms with Crippen LogP contribution in [0.3, 0.4) is 0 Å². The fraction of sp³-hybridized carbons (Fsp3) is 0.115. The fourth-order valence-corrected chi connectivity index (χ4v) is 4.46. The summed E-state index contributed by atoms with van der Waals surface area (Å²) in [5.41, 5.74) is 5.77. The summed E-state index contributed by atoms with van der Waals surface area (Å²) >= 11 is 0. The molecule has 3 heterocycles. The first-order valence-electron chi connectivity index (χ1n) is 11.0. The summed E-state index contributed by atoms with van der Waals surface area (Å²) in [6.07, 6.45) is 5.20. The summed E-state index contributed by atoms with van der Waals surface area (Å²) in [5.74, 6) is 1.27. The molecule has 1 amide bonds. The first-order valence-corrected chi connectivity index (χ1v) is 11.0. The van der Waals surface area contributed by atoms with E-state index in [0.29, 0.717) is 17.1 Å². The third kappa shape index (κ3) is 3.45. The second kappa shape index (κ2) is 8.08. The molecule has 5 aromatic rings. The number of nitrogens with zero attached hydrogens (tertiary/aromatic N) is 5. The molecule has 6 rings (SSSR count). The molecule has 0 spiro atoms. The number of rotatable bonds is 4. The zero-order chi connectivity index (χ0) is 23.1. The molecule has 0 radical (unpaired) electrons. The van der Waals surface area contributed by atoms with Crippen LogP contribution in [0.5, 0.6) is 0 Å². The van der Waals surface area contributed by atoms with Gasteiger partial charge in [0.25, 0.3) is 5.91 Å². The van der Waals surface area contributed by atoms with Gasteiger partial charge in [0, 0.05) is 11.1 Å².